The molecule has 0 radical (unpaired) electrons. The fourth-order valence-corrected chi connectivity index (χ4v) is 3.77. The van der Waals surface area contributed by atoms with Crippen LogP contribution in [0.3, 0.4) is 0 Å². The van der Waals surface area contributed by atoms with Crippen LogP contribution in [0.1, 0.15) is 10.8 Å². The maximum atomic E-state index is 12.3. The Balaban J connectivity index is 0.00000338. The molecule has 1 aromatic carbocycles. The number of methoxy groups -OCH3 is 1. The van der Waals surface area contributed by atoms with Crippen LogP contribution in [0.15, 0.2) is 30.3 Å². The number of carbonyl (C=O) groups excluding carboxylic acids is 2. The molecule has 11 nitrogen and oxygen atoms in total. The van der Waals surface area contributed by atoms with Gasteiger partial charge in [0.1, 0.15) is 10.1 Å². The molecule has 1 unspecified atom stereocenters. The van der Waals surface area contributed by atoms with E-state index in [1.807, 2.05) is 5.32 Å². The zero-order valence-corrected chi connectivity index (χ0v) is 20.2. The van der Waals surface area contributed by atoms with Crippen molar-refractivity contribution >= 4 is 32.2 Å². The molecule has 0 saturated carbocycles. The number of ether oxygens (including phenoxy) is 1. The predicted molar refractivity (Wildman–Crippen MR) is 78.2 cm³/mol. The van der Waals surface area contributed by atoms with E-state index in [9.17, 15) is 35.5 Å². The molecule has 0 bridgehead atoms. The Morgan fingerprint density at radius 1 is 1.19 bits per heavy atom. The molecule has 1 fully saturated rings. The van der Waals surface area contributed by atoms with E-state index in [2.05, 4.69) is 0 Å². The summed E-state index contributed by atoms with van der Waals surface area (Å²) >= 11 is 0. The Hall–Kier alpha value is -0.0600. The summed E-state index contributed by atoms with van der Waals surface area (Å²) in [5, 5.41) is -0.287. The summed E-state index contributed by atoms with van der Waals surface area (Å²) in [4.78, 5) is 24.2. The fraction of sp³-hybridized carbons (Fsp3) is 0.333. The topological polar surface area (TPSA) is 173 Å². The average molecular weight is 438 g/mol. The minimum absolute atomic E-state index is 0. The molecule has 1 aliphatic heterocycles. The minimum Gasteiger partial charge on any atom is -0.747 e. The summed E-state index contributed by atoms with van der Waals surface area (Å²) < 4.78 is 71.6. The van der Waals surface area contributed by atoms with Gasteiger partial charge in [0.2, 0.25) is 11.6 Å². The van der Waals surface area contributed by atoms with Crippen molar-refractivity contribution < 1.29 is 99.4 Å². The van der Waals surface area contributed by atoms with Gasteiger partial charge in [0.25, 0.3) is 5.91 Å². The number of rotatable bonds is 6. The van der Waals surface area contributed by atoms with Crippen LogP contribution in [-0.4, -0.2) is 61.4 Å². The van der Waals surface area contributed by atoms with Gasteiger partial charge in [-0.1, -0.05) is 30.3 Å². The van der Waals surface area contributed by atoms with Crippen molar-refractivity contribution in [2.45, 2.75) is 11.0 Å². The first-order valence-electron chi connectivity index (χ1n) is 6.57. The maximum Gasteiger partial charge on any atom is 1.00 e. The van der Waals surface area contributed by atoms with Crippen LogP contribution >= 0.6 is 0 Å². The second-order valence-corrected chi connectivity index (χ2v) is 7.83. The molecule has 2 amide bonds. The molecule has 27 heavy (non-hydrogen) atoms. The Kier molecular flexibility index (Phi) is 9.61. The second-order valence-electron chi connectivity index (χ2n) is 5.07. The number of nitrogens with zero attached hydrogens (tertiary/aromatic N) is 1. The summed E-state index contributed by atoms with van der Waals surface area (Å²) in [6, 6.07) is 6.76. The van der Waals surface area contributed by atoms with Gasteiger partial charge in [-0.15, -0.1) is 0 Å². The third-order valence-corrected chi connectivity index (χ3v) is 5.41. The first-order valence-corrected chi connectivity index (χ1v) is 9.41. The quantitative estimate of drug-likeness (QED) is 0.196. The summed E-state index contributed by atoms with van der Waals surface area (Å²) in [5.74, 6) is -2.78. The molecule has 1 aromatic rings. The van der Waals surface area contributed by atoms with Crippen molar-refractivity contribution in [3.05, 3.63) is 35.9 Å². The van der Waals surface area contributed by atoms with Gasteiger partial charge in [-0.2, -0.15) is 0 Å². The molecular weight excluding hydrogens is 426 g/mol. The van der Waals surface area contributed by atoms with Crippen LogP contribution in [0.25, 0.3) is 0 Å². The number of benzene rings is 1. The molecule has 0 aromatic heterocycles. The largest absolute Gasteiger partial charge is 1.00 e. The SMILES string of the molecule is CO[C@@]1(NC(=O)C(c2ccccc2)S(=O)(=O)[O-])CN(S(=O)(=O)[O-])C1=O.[Na+].[Na+]. The number of carbonyl (C=O) groups is 2. The first-order chi connectivity index (χ1) is 11.4. The van der Waals surface area contributed by atoms with Gasteiger partial charge in [-0.25, -0.2) is 21.1 Å². The molecule has 1 heterocycles. The molecule has 1 N–H and O–H groups in total. The monoisotopic (exact) mass is 438 g/mol. The van der Waals surface area contributed by atoms with E-state index >= 15 is 0 Å². The van der Waals surface area contributed by atoms with E-state index in [-0.39, 0.29) is 69.0 Å². The fourth-order valence-electron chi connectivity index (χ4n) is 2.27. The summed E-state index contributed by atoms with van der Waals surface area (Å²) in [6.07, 6.45) is 0. The van der Waals surface area contributed by atoms with Crippen molar-refractivity contribution in [2.75, 3.05) is 13.7 Å². The standard InChI is InChI=1S/C12H14N2O9S2.2Na/c1-23-12(7-14(11(12)16)25(20,21)22)13-10(15)9(24(17,18)19)8-5-3-2-4-6-8;;/h2-6,9H,7H2,1H3,(H,13,15)(H,17,18,19)(H,20,21,22);;/q;2*+1/p-2/t9?,12-;;/m0../s1. The molecule has 138 valence electrons. The van der Waals surface area contributed by atoms with Crippen LogP contribution in [0.5, 0.6) is 0 Å². The average Bonchev–Trinajstić information content (AvgIpc) is 2.49. The van der Waals surface area contributed by atoms with E-state index in [1.165, 1.54) is 30.3 Å². The van der Waals surface area contributed by atoms with Gasteiger partial charge in [0, 0.05) is 7.11 Å². The van der Waals surface area contributed by atoms with Crippen LogP contribution < -0.4 is 64.4 Å². The third kappa shape index (κ3) is 5.73. The zero-order chi connectivity index (χ0) is 19.0. The van der Waals surface area contributed by atoms with E-state index in [4.69, 9.17) is 4.74 Å². The number of β-lactam (4-membered cyclic amide) rings is 1. The Bertz CT molecular complexity index is 908. The molecule has 2 atom stereocenters. The van der Waals surface area contributed by atoms with Crippen molar-refractivity contribution in [3.8, 4) is 0 Å². The van der Waals surface area contributed by atoms with Crippen LogP contribution in [-0.2, 0) is 34.7 Å². The normalized spacial score (nSPS) is 20.6. The Morgan fingerprint density at radius 2 is 1.70 bits per heavy atom. The minimum atomic E-state index is -5.16. The van der Waals surface area contributed by atoms with E-state index < -0.39 is 49.8 Å². The summed E-state index contributed by atoms with van der Waals surface area (Å²) in [7, 11) is -9.33. The van der Waals surface area contributed by atoms with Crippen LogP contribution in [0.4, 0.5) is 0 Å². The number of amides is 2. The van der Waals surface area contributed by atoms with Gasteiger partial charge in [-0.3, -0.25) is 9.59 Å². The molecule has 0 spiro atoms. The van der Waals surface area contributed by atoms with Gasteiger partial charge in [-0.05, 0) is 5.56 Å². The number of nitrogens with one attached hydrogen (secondary N) is 1. The first kappa shape index (κ1) is 26.9. The molecule has 15 heteroatoms. The predicted octanol–water partition coefficient (Wildman–Crippen LogP) is -7.96. The van der Waals surface area contributed by atoms with Crippen molar-refractivity contribution in [2.24, 2.45) is 0 Å². The molecule has 1 aliphatic rings. The second kappa shape index (κ2) is 9.63. The Labute approximate surface area is 200 Å². The zero-order valence-electron chi connectivity index (χ0n) is 14.6. The number of hydrogen-bond acceptors (Lipinski definition) is 9. The van der Waals surface area contributed by atoms with Crippen molar-refractivity contribution in [3.63, 3.8) is 0 Å². The van der Waals surface area contributed by atoms with Gasteiger partial charge >= 0.3 is 59.1 Å². The van der Waals surface area contributed by atoms with Crippen molar-refractivity contribution in [1.29, 1.82) is 0 Å². The summed E-state index contributed by atoms with van der Waals surface area (Å²) in [5.41, 5.74) is -2.40. The number of hydrogen-bond donors (Lipinski definition) is 1. The van der Waals surface area contributed by atoms with E-state index in [1.54, 1.807) is 0 Å². The smallest absolute Gasteiger partial charge is 0.747 e. The van der Waals surface area contributed by atoms with Gasteiger partial charge in [0.15, 0.2) is 15.6 Å². The molecule has 0 aliphatic carbocycles. The van der Waals surface area contributed by atoms with Gasteiger partial charge < -0.3 is 19.2 Å². The van der Waals surface area contributed by atoms with Crippen molar-refractivity contribution in [1.82, 2.24) is 9.62 Å². The van der Waals surface area contributed by atoms with E-state index in [0.29, 0.717) is 0 Å². The van der Waals surface area contributed by atoms with Crippen LogP contribution in [0, 0.1) is 0 Å². The third-order valence-electron chi connectivity index (χ3n) is 3.51. The molecule has 1 saturated heterocycles. The Morgan fingerprint density at radius 3 is 2.07 bits per heavy atom. The van der Waals surface area contributed by atoms with E-state index in [0.717, 1.165) is 7.11 Å². The molecular formula is C12H12N2Na2O9S2. The molecule has 2 rings (SSSR count). The van der Waals surface area contributed by atoms with Gasteiger partial charge in [0.05, 0.1) is 6.54 Å². The van der Waals surface area contributed by atoms with Crippen LogP contribution in [0.2, 0.25) is 0 Å². The maximum absolute atomic E-state index is 12.3. The summed E-state index contributed by atoms with van der Waals surface area (Å²) in [6.45, 7) is -0.847.